The lowest BCUT2D eigenvalue weighted by Gasteiger charge is -2.34. The summed E-state index contributed by atoms with van der Waals surface area (Å²) < 4.78 is 8.55. The van der Waals surface area contributed by atoms with Gasteiger partial charge in [-0.25, -0.2) is 0 Å². The average Bonchev–Trinajstić information content (AvgIpc) is 3.28. The highest BCUT2D eigenvalue weighted by Gasteiger charge is 2.24. The number of para-hydroxylation sites is 1. The minimum Gasteiger partial charge on any atom is -0.412 e. The van der Waals surface area contributed by atoms with Gasteiger partial charge in [-0.2, -0.15) is 4.73 Å². The van der Waals surface area contributed by atoms with Crippen LogP contribution in [0.4, 0.5) is 0 Å². The molecule has 0 unspecified atom stereocenters. The van der Waals surface area contributed by atoms with Crippen molar-refractivity contribution in [2.45, 2.75) is 25.0 Å². The number of ether oxygens (including phenoxy) is 1. The van der Waals surface area contributed by atoms with Gasteiger partial charge in [-0.15, -0.1) is 0 Å². The molecule has 0 atom stereocenters. The number of rotatable bonds is 8. The van der Waals surface area contributed by atoms with Gasteiger partial charge in [-0.05, 0) is 36.1 Å². The molecule has 0 amide bonds. The van der Waals surface area contributed by atoms with Gasteiger partial charge in [0.05, 0.1) is 11.6 Å². The predicted octanol–water partition coefficient (Wildman–Crippen LogP) is 5.34. The highest BCUT2D eigenvalue weighted by Crippen LogP contribution is 2.29. The molecule has 0 bridgehead atoms. The van der Waals surface area contributed by atoms with E-state index in [9.17, 15) is 0 Å². The van der Waals surface area contributed by atoms with Crippen molar-refractivity contribution < 1.29 is 9.57 Å². The second-order valence-corrected chi connectivity index (χ2v) is 8.41. The smallest absolute Gasteiger partial charge is 0.127 e. The zero-order chi connectivity index (χ0) is 21.6. The van der Waals surface area contributed by atoms with Crippen molar-refractivity contribution >= 4 is 10.9 Å². The zero-order valence-corrected chi connectivity index (χ0v) is 18.3. The monoisotopic (exact) mass is 426 g/mol. The molecule has 2 heterocycles. The third-order valence-corrected chi connectivity index (χ3v) is 6.27. The van der Waals surface area contributed by atoms with Gasteiger partial charge >= 0.3 is 0 Å². The molecule has 0 N–H and O–H groups in total. The first-order valence-corrected chi connectivity index (χ1v) is 11.5. The Labute approximate surface area is 190 Å². The van der Waals surface area contributed by atoms with Crippen LogP contribution in [0.25, 0.3) is 10.9 Å². The van der Waals surface area contributed by atoms with Crippen LogP contribution < -0.4 is 4.84 Å². The van der Waals surface area contributed by atoms with Crippen LogP contribution in [-0.4, -0.2) is 42.0 Å². The Morgan fingerprint density at radius 3 is 2.06 bits per heavy atom. The van der Waals surface area contributed by atoms with E-state index in [4.69, 9.17) is 9.57 Å². The number of piperidine rings is 1. The van der Waals surface area contributed by atoms with Crippen LogP contribution in [0.2, 0.25) is 0 Å². The minimum absolute atomic E-state index is 0.0145. The van der Waals surface area contributed by atoms with Crippen LogP contribution >= 0.6 is 0 Å². The Balaban J connectivity index is 1.14. The van der Waals surface area contributed by atoms with Gasteiger partial charge in [-0.3, -0.25) is 4.90 Å². The summed E-state index contributed by atoms with van der Waals surface area (Å²) in [6.07, 6.45) is 4.34. The number of benzene rings is 3. The SMILES string of the molecule is c1ccc(C(OC2CCN(CCOn3ccc4ccccc43)CC2)c2ccccc2)cc1. The predicted molar refractivity (Wildman–Crippen MR) is 129 cm³/mol. The van der Waals surface area contributed by atoms with Crippen molar-refractivity contribution in [1.82, 2.24) is 9.63 Å². The van der Waals surface area contributed by atoms with Crippen LogP contribution in [-0.2, 0) is 4.74 Å². The number of aromatic nitrogens is 1. The molecule has 4 heteroatoms. The molecular weight excluding hydrogens is 396 g/mol. The van der Waals surface area contributed by atoms with Gasteiger partial charge in [0.15, 0.2) is 0 Å². The lowest BCUT2D eigenvalue weighted by atomic mass is 10.00. The fourth-order valence-electron chi connectivity index (χ4n) is 4.50. The maximum absolute atomic E-state index is 6.66. The fourth-order valence-corrected chi connectivity index (χ4v) is 4.50. The molecule has 4 aromatic rings. The van der Waals surface area contributed by atoms with Crippen molar-refractivity contribution in [3.05, 3.63) is 108 Å². The molecule has 0 aliphatic carbocycles. The molecule has 1 saturated heterocycles. The molecule has 32 heavy (non-hydrogen) atoms. The van der Waals surface area contributed by atoms with Crippen LogP contribution in [0.5, 0.6) is 0 Å². The summed E-state index contributed by atoms with van der Waals surface area (Å²) in [6.45, 7) is 3.69. The van der Waals surface area contributed by atoms with Crippen molar-refractivity contribution in [1.29, 1.82) is 0 Å². The molecule has 5 rings (SSSR count). The van der Waals surface area contributed by atoms with Gasteiger partial charge in [0.2, 0.25) is 0 Å². The Morgan fingerprint density at radius 2 is 1.38 bits per heavy atom. The molecule has 1 aromatic heterocycles. The van der Waals surface area contributed by atoms with E-state index in [1.54, 1.807) is 0 Å². The Hall–Kier alpha value is -3.08. The van der Waals surface area contributed by atoms with Gasteiger partial charge in [-0.1, -0.05) is 78.9 Å². The summed E-state index contributed by atoms with van der Waals surface area (Å²) in [7, 11) is 0. The van der Waals surface area contributed by atoms with Crippen molar-refractivity contribution in [2.75, 3.05) is 26.2 Å². The molecule has 1 aliphatic rings. The summed E-state index contributed by atoms with van der Waals surface area (Å²) in [5.74, 6) is 0. The highest BCUT2D eigenvalue weighted by atomic mass is 16.7. The highest BCUT2D eigenvalue weighted by molar-refractivity contribution is 5.79. The molecule has 4 nitrogen and oxygen atoms in total. The first kappa shape index (κ1) is 20.8. The van der Waals surface area contributed by atoms with Crippen molar-refractivity contribution in [3.8, 4) is 0 Å². The summed E-state index contributed by atoms with van der Waals surface area (Å²) in [6, 6.07) is 31.5. The zero-order valence-electron chi connectivity index (χ0n) is 18.3. The van der Waals surface area contributed by atoms with E-state index < -0.39 is 0 Å². The molecule has 0 saturated carbocycles. The molecular formula is C28H30N2O2. The van der Waals surface area contributed by atoms with Gasteiger partial charge in [0.25, 0.3) is 0 Å². The Morgan fingerprint density at radius 1 is 0.750 bits per heavy atom. The lowest BCUT2D eigenvalue weighted by Crippen LogP contribution is -2.40. The van der Waals surface area contributed by atoms with E-state index in [1.165, 1.54) is 16.5 Å². The van der Waals surface area contributed by atoms with Crippen LogP contribution in [0.15, 0.2) is 97.2 Å². The topological polar surface area (TPSA) is 26.6 Å². The summed E-state index contributed by atoms with van der Waals surface area (Å²) in [4.78, 5) is 8.49. The normalized spacial score (nSPS) is 15.4. The summed E-state index contributed by atoms with van der Waals surface area (Å²) in [5.41, 5.74) is 3.55. The number of nitrogens with zero attached hydrogens (tertiary/aromatic N) is 2. The van der Waals surface area contributed by atoms with E-state index in [0.717, 1.165) is 38.0 Å². The van der Waals surface area contributed by atoms with Crippen molar-refractivity contribution in [3.63, 3.8) is 0 Å². The van der Waals surface area contributed by atoms with Gasteiger partial charge in [0.1, 0.15) is 12.7 Å². The Bertz CT molecular complexity index is 1060. The van der Waals surface area contributed by atoms with Crippen LogP contribution in [0.3, 0.4) is 0 Å². The maximum atomic E-state index is 6.66. The van der Waals surface area contributed by atoms with Crippen molar-refractivity contribution in [2.24, 2.45) is 0 Å². The molecule has 3 aromatic carbocycles. The number of likely N-dealkylation sites (tertiary alicyclic amines) is 1. The average molecular weight is 427 g/mol. The molecule has 164 valence electrons. The molecule has 1 aliphatic heterocycles. The van der Waals surface area contributed by atoms with E-state index >= 15 is 0 Å². The molecule has 1 fully saturated rings. The third-order valence-electron chi connectivity index (χ3n) is 6.27. The van der Waals surface area contributed by atoms with E-state index in [2.05, 4.69) is 89.8 Å². The number of hydrogen-bond donors (Lipinski definition) is 0. The number of fused-ring (bicyclic) bond motifs is 1. The maximum Gasteiger partial charge on any atom is 0.127 e. The lowest BCUT2D eigenvalue weighted by molar-refractivity contribution is -0.0305. The first-order chi connectivity index (χ1) is 15.9. The van der Waals surface area contributed by atoms with E-state index in [0.29, 0.717) is 6.61 Å². The van der Waals surface area contributed by atoms with E-state index in [-0.39, 0.29) is 12.2 Å². The molecule has 0 spiro atoms. The van der Waals surface area contributed by atoms with Gasteiger partial charge in [0, 0.05) is 31.2 Å². The second-order valence-electron chi connectivity index (χ2n) is 8.41. The third kappa shape index (κ3) is 4.87. The largest absolute Gasteiger partial charge is 0.412 e. The second kappa shape index (κ2) is 10.0. The summed E-state index contributed by atoms with van der Waals surface area (Å²) in [5, 5.41) is 1.21. The minimum atomic E-state index is -0.0145. The van der Waals surface area contributed by atoms with Gasteiger partial charge < -0.3 is 9.57 Å². The molecule has 0 radical (unpaired) electrons. The van der Waals surface area contributed by atoms with E-state index in [1.807, 2.05) is 17.0 Å². The Kier molecular flexibility index (Phi) is 6.52. The van der Waals surface area contributed by atoms with Crippen LogP contribution in [0.1, 0.15) is 30.1 Å². The quantitative estimate of drug-likeness (QED) is 0.380. The first-order valence-electron chi connectivity index (χ1n) is 11.5. The summed E-state index contributed by atoms with van der Waals surface area (Å²) >= 11 is 0. The standard InChI is InChI=1S/C28H30N2O2/c1-3-10-24(11-4-1)28(25-12-5-2-6-13-25)32-26-16-18-29(19-17-26)21-22-31-30-20-15-23-9-7-8-14-27(23)30/h1-15,20,26,28H,16-19,21-22H2. The fraction of sp³-hybridized carbons (Fsp3) is 0.286. The number of hydrogen-bond acceptors (Lipinski definition) is 3. The van der Waals surface area contributed by atoms with Crippen LogP contribution in [0, 0.1) is 0 Å².